The second-order valence-corrected chi connectivity index (χ2v) is 8.82. The van der Waals surface area contributed by atoms with Crippen LogP contribution in [0.15, 0.2) is 77.7 Å². The average Bonchev–Trinajstić information content (AvgIpc) is 2.90. The molecule has 0 spiro atoms. The molecule has 192 valence electrons. The molecule has 1 N–H and O–H groups in total. The minimum atomic E-state index is -1.63. The Kier molecular flexibility index (Phi) is 9.30. The maximum Gasteiger partial charge on any atom is 0.343 e. The molecule has 0 aliphatic heterocycles. The summed E-state index contributed by atoms with van der Waals surface area (Å²) in [7, 11) is 0. The van der Waals surface area contributed by atoms with Gasteiger partial charge in [-0.2, -0.15) is 0 Å². The Bertz CT molecular complexity index is 1280. The Hall–Kier alpha value is -4.29. The quantitative estimate of drug-likeness (QED) is 0.120. The van der Waals surface area contributed by atoms with Crippen LogP contribution in [-0.4, -0.2) is 39.6 Å². The average molecular weight is 527 g/mol. The fourth-order valence-electron chi connectivity index (χ4n) is 3.18. The van der Waals surface area contributed by atoms with Crippen LogP contribution < -0.4 is 4.74 Å². The van der Waals surface area contributed by atoms with Crippen molar-refractivity contribution >= 4 is 35.1 Å². The van der Waals surface area contributed by atoms with Gasteiger partial charge in [-0.25, -0.2) is 9.59 Å². The van der Waals surface area contributed by atoms with Crippen LogP contribution in [0.1, 0.15) is 34.5 Å². The van der Waals surface area contributed by atoms with Crippen LogP contribution in [-0.2, 0) is 9.53 Å². The molecule has 0 aromatic heterocycles. The lowest BCUT2D eigenvalue weighted by Crippen LogP contribution is -2.28. The molecule has 3 aromatic rings. The Balaban J connectivity index is 1.83. The molecule has 0 unspecified atom stereocenters. The van der Waals surface area contributed by atoms with Crippen LogP contribution in [0, 0.1) is 20.2 Å². The molecule has 3 aromatic carbocycles. The minimum absolute atomic E-state index is 0.105. The minimum Gasteiger partial charge on any atom is -0.464 e. The van der Waals surface area contributed by atoms with Crippen molar-refractivity contribution in [2.75, 3.05) is 6.61 Å². The van der Waals surface area contributed by atoms with E-state index in [9.17, 15) is 34.9 Å². The van der Waals surface area contributed by atoms with Crippen molar-refractivity contribution in [3.63, 3.8) is 0 Å². The lowest BCUT2D eigenvalue weighted by molar-refractivity contribution is -0.387. The van der Waals surface area contributed by atoms with Gasteiger partial charge < -0.3 is 14.6 Å². The lowest BCUT2D eigenvalue weighted by Gasteiger charge is -2.22. The number of thioether (sulfide) groups is 1. The number of carbonyl (C=O) groups excluding carboxylic acids is 2. The summed E-state index contributed by atoms with van der Waals surface area (Å²) < 4.78 is 10.4. The summed E-state index contributed by atoms with van der Waals surface area (Å²) in [6.45, 7) is 1.91. The summed E-state index contributed by atoms with van der Waals surface area (Å²) in [6.07, 6.45) is -1.08. The van der Waals surface area contributed by atoms with E-state index < -0.39 is 33.1 Å². The van der Waals surface area contributed by atoms with E-state index in [1.54, 1.807) is 13.0 Å². The number of nitrogens with zero attached hydrogens (tertiary/aromatic N) is 2. The van der Waals surface area contributed by atoms with Gasteiger partial charge >= 0.3 is 11.9 Å². The number of non-ortho nitro benzene ring substituents is 1. The van der Waals surface area contributed by atoms with Crippen LogP contribution in [0.4, 0.5) is 11.4 Å². The molecule has 0 aliphatic rings. The maximum absolute atomic E-state index is 12.4. The summed E-state index contributed by atoms with van der Waals surface area (Å²) in [5.41, 5.74) is 0.187. The molecular weight excluding hydrogens is 504 g/mol. The van der Waals surface area contributed by atoms with Gasteiger partial charge in [-0.1, -0.05) is 31.2 Å². The van der Waals surface area contributed by atoms with Gasteiger partial charge in [0.05, 0.1) is 32.2 Å². The van der Waals surface area contributed by atoms with E-state index >= 15 is 0 Å². The Morgan fingerprint density at radius 2 is 1.59 bits per heavy atom. The van der Waals surface area contributed by atoms with Gasteiger partial charge in [-0.05, 0) is 42.3 Å². The van der Waals surface area contributed by atoms with Crippen LogP contribution >= 0.6 is 11.8 Å². The normalized spacial score (nSPS) is 12.3. The molecule has 3 rings (SSSR count). The number of esters is 2. The van der Waals surface area contributed by atoms with Gasteiger partial charge in [-0.15, -0.1) is 11.8 Å². The van der Waals surface area contributed by atoms with E-state index in [-0.39, 0.29) is 34.2 Å². The van der Waals surface area contributed by atoms with Gasteiger partial charge in [0.2, 0.25) is 0 Å². The monoisotopic (exact) mass is 526 g/mol. The second-order valence-electron chi connectivity index (χ2n) is 7.64. The molecule has 0 aliphatic carbocycles. The number of nitro groups is 2. The lowest BCUT2D eigenvalue weighted by atomic mass is 10.1. The van der Waals surface area contributed by atoms with Crippen LogP contribution in [0.5, 0.6) is 5.75 Å². The zero-order valence-corrected chi connectivity index (χ0v) is 20.3. The second kappa shape index (κ2) is 12.6. The highest BCUT2D eigenvalue weighted by Crippen LogP contribution is 2.42. The van der Waals surface area contributed by atoms with Crippen molar-refractivity contribution in [3.05, 3.63) is 104 Å². The van der Waals surface area contributed by atoms with Crippen LogP contribution in [0.3, 0.4) is 0 Å². The molecule has 0 heterocycles. The SMILES string of the molecule is CCCOC(=O)[C@H](O)[C@@H](Sc1ccccc1[N+](=O)[O-])c1ccc(OC(=O)c2ccc([N+](=O)[O-])cc2)cc1. The number of aliphatic hydroxyl groups excluding tert-OH is 1. The number of para-hydroxylation sites is 1. The van der Waals surface area contributed by atoms with Gasteiger partial charge in [0.1, 0.15) is 5.75 Å². The highest BCUT2D eigenvalue weighted by molar-refractivity contribution is 7.99. The molecule has 0 saturated heterocycles. The summed E-state index contributed by atoms with van der Waals surface area (Å²) in [5.74, 6) is -1.46. The molecule has 0 bridgehead atoms. The smallest absolute Gasteiger partial charge is 0.343 e. The highest BCUT2D eigenvalue weighted by atomic mass is 32.2. The van der Waals surface area contributed by atoms with E-state index in [0.29, 0.717) is 12.0 Å². The van der Waals surface area contributed by atoms with Gasteiger partial charge in [0.15, 0.2) is 6.10 Å². The Labute approximate surface area is 215 Å². The molecule has 12 heteroatoms. The summed E-state index contributed by atoms with van der Waals surface area (Å²) in [6, 6.07) is 16.8. The third-order valence-electron chi connectivity index (χ3n) is 5.03. The van der Waals surface area contributed by atoms with Gasteiger partial charge in [-0.3, -0.25) is 20.2 Å². The van der Waals surface area contributed by atoms with E-state index in [4.69, 9.17) is 9.47 Å². The summed E-state index contributed by atoms with van der Waals surface area (Å²) >= 11 is 0.932. The Morgan fingerprint density at radius 3 is 2.19 bits per heavy atom. The molecule has 0 amide bonds. The molecule has 0 saturated carbocycles. The first kappa shape index (κ1) is 27.3. The molecule has 2 atom stereocenters. The fraction of sp³-hybridized carbons (Fsp3) is 0.200. The van der Waals surface area contributed by atoms with E-state index in [0.717, 1.165) is 11.8 Å². The molecule has 0 radical (unpaired) electrons. The molecular formula is C25H22N2O9S. The summed E-state index contributed by atoms with van der Waals surface area (Å²) in [4.78, 5) is 46.2. The number of benzene rings is 3. The number of rotatable bonds is 11. The zero-order chi connectivity index (χ0) is 26.9. The van der Waals surface area contributed by atoms with Crippen molar-refractivity contribution < 1.29 is 34.0 Å². The number of nitro benzene ring substituents is 2. The van der Waals surface area contributed by atoms with Gasteiger partial charge in [0, 0.05) is 18.2 Å². The van der Waals surface area contributed by atoms with Crippen molar-refractivity contribution in [1.29, 1.82) is 0 Å². The zero-order valence-electron chi connectivity index (χ0n) is 19.5. The van der Waals surface area contributed by atoms with Gasteiger partial charge in [0.25, 0.3) is 11.4 Å². The number of aliphatic hydroxyl groups is 1. The molecule has 0 fully saturated rings. The fourth-order valence-corrected chi connectivity index (χ4v) is 4.41. The topological polar surface area (TPSA) is 159 Å². The first-order chi connectivity index (χ1) is 17.7. The largest absolute Gasteiger partial charge is 0.464 e. The van der Waals surface area contributed by atoms with E-state index in [1.807, 2.05) is 0 Å². The van der Waals surface area contributed by atoms with Crippen LogP contribution in [0.2, 0.25) is 0 Å². The van der Waals surface area contributed by atoms with E-state index in [2.05, 4.69) is 0 Å². The number of carbonyl (C=O) groups is 2. The number of ether oxygens (including phenoxy) is 2. The number of hydrogen-bond acceptors (Lipinski definition) is 10. The molecule has 11 nitrogen and oxygen atoms in total. The highest BCUT2D eigenvalue weighted by Gasteiger charge is 2.32. The first-order valence-corrected chi connectivity index (χ1v) is 11.9. The van der Waals surface area contributed by atoms with Crippen molar-refractivity contribution in [2.24, 2.45) is 0 Å². The summed E-state index contributed by atoms with van der Waals surface area (Å²) in [5, 5.41) is 32.0. The standard InChI is InChI=1S/C25H22N2O9S/c1-2-15-35-25(30)22(28)23(37-21-6-4-3-5-20(21)27(33)34)16-9-13-19(14-10-16)36-24(29)17-7-11-18(12-8-17)26(31)32/h3-14,22-23,28H,2,15H2,1H3/t22-,23+/m1/s1. The van der Waals surface area contributed by atoms with Crippen LogP contribution in [0.25, 0.3) is 0 Å². The van der Waals surface area contributed by atoms with Crippen molar-refractivity contribution in [1.82, 2.24) is 0 Å². The Morgan fingerprint density at radius 1 is 0.946 bits per heavy atom. The predicted molar refractivity (Wildman–Crippen MR) is 133 cm³/mol. The first-order valence-electron chi connectivity index (χ1n) is 11.0. The van der Waals surface area contributed by atoms with E-state index in [1.165, 1.54) is 66.7 Å². The third kappa shape index (κ3) is 7.12. The van der Waals surface area contributed by atoms with Crippen molar-refractivity contribution in [3.8, 4) is 5.75 Å². The third-order valence-corrected chi connectivity index (χ3v) is 6.41. The number of hydrogen-bond donors (Lipinski definition) is 1. The predicted octanol–water partition coefficient (Wildman–Crippen LogP) is 4.87. The van der Waals surface area contributed by atoms with Crippen molar-refractivity contribution in [2.45, 2.75) is 29.6 Å². The maximum atomic E-state index is 12.4. The molecule has 37 heavy (non-hydrogen) atoms.